The lowest BCUT2D eigenvalue weighted by Gasteiger charge is -2.22. The summed E-state index contributed by atoms with van der Waals surface area (Å²) >= 11 is 5.33. The van der Waals surface area contributed by atoms with Crippen molar-refractivity contribution < 1.29 is 0 Å². The molecule has 20 heavy (non-hydrogen) atoms. The first-order valence-electron chi connectivity index (χ1n) is 6.49. The molecule has 0 bridgehead atoms. The summed E-state index contributed by atoms with van der Waals surface area (Å²) in [5.74, 6) is 0. The number of rotatable bonds is 3. The van der Waals surface area contributed by atoms with Crippen molar-refractivity contribution in [2.45, 2.75) is 13.8 Å². The van der Waals surface area contributed by atoms with Crippen molar-refractivity contribution in [2.75, 3.05) is 17.4 Å². The van der Waals surface area contributed by atoms with Crippen LogP contribution in [0.4, 0.5) is 11.4 Å². The van der Waals surface area contributed by atoms with Crippen LogP contribution in [-0.4, -0.2) is 12.2 Å². The number of nitrogens with zero attached hydrogens (tertiary/aromatic N) is 1. The maximum absolute atomic E-state index is 5.33. The van der Waals surface area contributed by atoms with Crippen LogP contribution in [0.25, 0.3) is 0 Å². The number of hydrogen-bond donors (Lipinski definition) is 2. The predicted octanol–water partition coefficient (Wildman–Crippen LogP) is 3.64. The van der Waals surface area contributed by atoms with Gasteiger partial charge in [0.05, 0.1) is 5.69 Å². The molecule has 0 unspecified atom stereocenters. The quantitative estimate of drug-likeness (QED) is 0.665. The van der Waals surface area contributed by atoms with E-state index >= 15 is 0 Å². The minimum absolute atomic E-state index is 0.571. The maximum Gasteiger partial charge on any atom is 0.189 e. The molecule has 0 amide bonds. The zero-order chi connectivity index (χ0) is 14.5. The lowest BCUT2D eigenvalue weighted by Crippen LogP contribution is -2.41. The average molecular weight is 285 g/mol. The van der Waals surface area contributed by atoms with Gasteiger partial charge in [-0.25, -0.2) is 0 Å². The second kappa shape index (κ2) is 6.39. The van der Waals surface area contributed by atoms with Crippen LogP contribution in [0.3, 0.4) is 0 Å². The molecule has 4 heteroatoms. The van der Waals surface area contributed by atoms with Gasteiger partial charge in [-0.15, -0.1) is 0 Å². The van der Waals surface area contributed by atoms with Crippen LogP contribution in [0.15, 0.2) is 48.5 Å². The largest absolute Gasteiger partial charge is 0.331 e. The molecule has 0 aromatic heterocycles. The first-order valence-corrected chi connectivity index (χ1v) is 6.90. The van der Waals surface area contributed by atoms with Crippen LogP contribution < -0.4 is 15.8 Å². The van der Waals surface area contributed by atoms with E-state index in [-0.39, 0.29) is 0 Å². The fourth-order valence-electron chi connectivity index (χ4n) is 2.07. The highest BCUT2D eigenvalue weighted by molar-refractivity contribution is 7.80. The van der Waals surface area contributed by atoms with Gasteiger partial charge >= 0.3 is 0 Å². The molecule has 0 fully saturated rings. The van der Waals surface area contributed by atoms with E-state index < -0.39 is 0 Å². The van der Waals surface area contributed by atoms with Gasteiger partial charge in [-0.3, -0.25) is 10.4 Å². The Kier molecular flexibility index (Phi) is 4.58. The highest BCUT2D eigenvalue weighted by atomic mass is 32.1. The summed E-state index contributed by atoms with van der Waals surface area (Å²) in [6.07, 6.45) is 0. The van der Waals surface area contributed by atoms with Crippen LogP contribution in [0.1, 0.15) is 11.1 Å². The third-order valence-electron chi connectivity index (χ3n) is 2.89. The molecule has 2 aromatic rings. The smallest absolute Gasteiger partial charge is 0.189 e. The highest BCUT2D eigenvalue weighted by Gasteiger charge is 2.03. The van der Waals surface area contributed by atoms with E-state index in [1.54, 1.807) is 0 Å². The Labute approximate surface area is 125 Å². The molecule has 104 valence electrons. The Morgan fingerprint density at radius 1 is 1.00 bits per heavy atom. The molecule has 3 nitrogen and oxygen atoms in total. The Morgan fingerprint density at radius 3 is 2.20 bits per heavy atom. The fraction of sp³-hybridized carbons (Fsp3) is 0.188. The Morgan fingerprint density at radius 2 is 1.60 bits per heavy atom. The van der Waals surface area contributed by atoms with Crippen LogP contribution in [0, 0.1) is 13.8 Å². The normalized spacial score (nSPS) is 9.95. The van der Waals surface area contributed by atoms with E-state index in [4.69, 9.17) is 12.2 Å². The second-order valence-corrected chi connectivity index (χ2v) is 5.25. The number of hydrogen-bond acceptors (Lipinski definition) is 2. The van der Waals surface area contributed by atoms with Crippen LogP contribution in [-0.2, 0) is 0 Å². The van der Waals surface area contributed by atoms with Gasteiger partial charge in [-0.05, 0) is 61.5 Å². The van der Waals surface area contributed by atoms with Gasteiger partial charge in [-0.1, -0.05) is 24.3 Å². The van der Waals surface area contributed by atoms with Gasteiger partial charge in [0, 0.05) is 12.7 Å². The molecule has 0 aliphatic heterocycles. The number of thiocarbonyl (C=S) groups is 1. The van der Waals surface area contributed by atoms with Gasteiger partial charge in [-0.2, -0.15) is 0 Å². The molecule has 0 saturated heterocycles. The summed E-state index contributed by atoms with van der Waals surface area (Å²) in [5.41, 5.74) is 7.62. The van der Waals surface area contributed by atoms with Crippen LogP contribution in [0.5, 0.6) is 0 Å². The third kappa shape index (κ3) is 3.96. The number of benzene rings is 2. The van der Waals surface area contributed by atoms with Crippen molar-refractivity contribution in [3.8, 4) is 0 Å². The zero-order valence-electron chi connectivity index (χ0n) is 12.0. The van der Waals surface area contributed by atoms with Gasteiger partial charge in [0.25, 0.3) is 0 Å². The molecule has 2 N–H and O–H groups in total. The second-order valence-electron chi connectivity index (χ2n) is 4.84. The first-order chi connectivity index (χ1) is 9.54. The van der Waals surface area contributed by atoms with E-state index in [0.29, 0.717) is 5.11 Å². The van der Waals surface area contributed by atoms with Crippen molar-refractivity contribution in [3.05, 3.63) is 59.7 Å². The summed E-state index contributed by atoms with van der Waals surface area (Å²) in [6, 6.07) is 16.3. The molecule has 0 heterocycles. The molecule has 2 aromatic carbocycles. The van der Waals surface area contributed by atoms with Crippen LogP contribution >= 0.6 is 12.2 Å². The van der Waals surface area contributed by atoms with Gasteiger partial charge < -0.3 is 5.32 Å². The number of aryl methyl sites for hydroxylation is 2. The highest BCUT2D eigenvalue weighted by Crippen LogP contribution is 2.14. The third-order valence-corrected chi connectivity index (χ3v) is 3.09. The molecule has 0 radical (unpaired) electrons. The summed E-state index contributed by atoms with van der Waals surface area (Å²) < 4.78 is 0. The van der Waals surface area contributed by atoms with E-state index in [0.717, 1.165) is 11.4 Å². The molecule has 0 saturated carbocycles. The van der Waals surface area contributed by atoms with Crippen molar-refractivity contribution in [2.24, 2.45) is 0 Å². The fourth-order valence-corrected chi connectivity index (χ4v) is 2.33. The maximum atomic E-state index is 5.33. The van der Waals surface area contributed by atoms with Crippen molar-refractivity contribution in [1.82, 2.24) is 5.43 Å². The lowest BCUT2D eigenvalue weighted by molar-refractivity contribution is 0.888. The van der Waals surface area contributed by atoms with E-state index in [9.17, 15) is 0 Å². The lowest BCUT2D eigenvalue weighted by atomic mass is 10.1. The van der Waals surface area contributed by atoms with Crippen molar-refractivity contribution >= 4 is 28.7 Å². The Balaban J connectivity index is 1.99. The topological polar surface area (TPSA) is 27.3 Å². The standard InChI is InChI=1S/C16H19N3S/c1-12-9-13(2)11-14(10-12)17-16(20)18-19(3)15-7-5-4-6-8-15/h4-11H,1-3H3,(H2,17,18,20). The Hall–Kier alpha value is -2.07. The summed E-state index contributed by atoms with van der Waals surface area (Å²) in [6.45, 7) is 4.15. The molecule has 2 rings (SSSR count). The molecule has 0 aliphatic carbocycles. The number of hydrazine groups is 1. The predicted molar refractivity (Wildman–Crippen MR) is 90.1 cm³/mol. The van der Waals surface area contributed by atoms with E-state index in [1.165, 1.54) is 11.1 Å². The number of para-hydroxylation sites is 1. The minimum Gasteiger partial charge on any atom is -0.331 e. The van der Waals surface area contributed by atoms with Gasteiger partial charge in [0.1, 0.15) is 0 Å². The molecule has 0 spiro atoms. The summed E-state index contributed by atoms with van der Waals surface area (Å²) in [5, 5.41) is 5.66. The summed E-state index contributed by atoms with van der Waals surface area (Å²) in [4.78, 5) is 0. The molecule has 0 aliphatic rings. The number of anilines is 2. The Bertz CT molecular complexity index is 576. The van der Waals surface area contributed by atoms with Gasteiger partial charge in [0.2, 0.25) is 0 Å². The van der Waals surface area contributed by atoms with Gasteiger partial charge in [0.15, 0.2) is 5.11 Å². The zero-order valence-corrected chi connectivity index (χ0v) is 12.8. The first kappa shape index (κ1) is 14.3. The van der Waals surface area contributed by atoms with Crippen LogP contribution in [0.2, 0.25) is 0 Å². The number of nitrogens with one attached hydrogen (secondary N) is 2. The summed E-state index contributed by atoms with van der Waals surface area (Å²) in [7, 11) is 1.94. The van der Waals surface area contributed by atoms with Crippen molar-refractivity contribution in [3.63, 3.8) is 0 Å². The van der Waals surface area contributed by atoms with E-state index in [2.05, 4.69) is 42.8 Å². The molecular formula is C16H19N3S. The monoisotopic (exact) mass is 285 g/mol. The minimum atomic E-state index is 0.571. The molecule has 0 atom stereocenters. The molecular weight excluding hydrogens is 266 g/mol. The van der Waals surface area contributed by atoms with E-state index in [1.807, 2.05) is 42.4 Å². The average Bonchev–Trinajstić information content (AvgIpc) is 2.38. The SMILES string of the molecule is Cc1cc(C)cc(NC(=S)NN(C)c2ccccc2)c1. The van der Waals surface area contributed by atoms with Crippen molar-refractivity contribution in [1.29, 1.82) is 0 Å².